The third-order valence-electron chi connectivity index (χ3n) is 8.99. The van der Waals surface area contributed by atoms with Crippen molar-refractivity contribution in [1.29, 1.82) is 0 Å². The highest BCUT2D eigenvalue weighted by Crippen LogP contribution is 2.42. The maximum atomic E-state index is 15.1. The minimum absolute atomic E-state index is 0. The first kappa shape index (κ1) is 29.1. The molecule has 0 radical (unpaired) electrons. The molecule has 1 aliphatic carbocycles. The molecule has 2 aliphatic heterocycles. The van der Waals surface area contributed by atoms with E-state index in [0.29, 0.717) is 54.5 Å². The lowest BCUT2D eigenvalue weighted by Crippen LogP contribution is -2.50. The average Bonchev–Trinajstić information content (AvgIpc) is 3.77. The van der Waals surface area contributed by atoms with Gasteiger partial charge in [-0.3, -0.25) is 9.69 Å². The van der Waals surface area contributed by atoms with E-state index < -0.39 is 5.82 Å². The molecule has 2 heterocycles. The molecule has 0 atom stereocenters. The van der Waals surface area contributed by atoms with E-state index in [4.69, 9.17) is 4.74 Å². The first-order valence-electron chi connectivity index (χ1n) is 15.1. The molecular weight excluding hydrogens is 545 g/mol. The van der Waals surface area contributed by atoms with Crippen LogP contribution in [0.2, 0.25) is 0 Å². The molecule has 3 fully saturated rings. The third kappa shape index (κ3) is 6.24. The highest BCUT2D eigenvalue weighted by atomic mass is 19.1. The second-order valence-electron chi connectivity index (χ2n) is 12.1. The summed E-state index contributed by atoms with van der Waals surface area (Å²) in [6.45, 7) is 12.4. The zero-order chi connectivity index (χ0) is 30.1. The summed E-state index contributed by atoms with van der Waals surface area (Å²) in [5.41, 5.74) is 5.10. The Bertz CT molecular complexity index is 1550. The van der Waals surface area contributed by atoms with E-state index in [1.165, 1.54) is 36.2 Å². The molecule has 9 heteroatoms. The van der Waals surface area contributed by atoms with Gasteiger partial charge in [-0.15, -0.1) is 0 Å². The Morgan fingerprint density at radius 1 is 1.02 bits per heavy atom. The van der Waals surface area contributed by atoms with Gasteiger partial charge in [-0.2, -0.15) is 0 Å². The molecule has 0 aromatic heterocycles. The van der Waals surface area contributed by atoms with Crippen molar-refractivity contribution in [2.75, 3.05) is 62.7 Å². The molecule has 3 aliphatic rings. The van der Waals surface area contributed by atoms with Crippen molar-refractivity contribution in [1.82, 2.24) is 9.80 Å². The van der Waals surface area contributed by atoms with Gasteiger partial charge >= 0.3 is 0 Å². The number of aromatic hydroxyl groups is 1. The Hall–Kier alpha value is -3.95. The number of aliphatic imine (C=N–C) groups is 1. The molecule has 3 aromatic carbocycles. The van der Waals surface area contributed by atoms with Crippen LogP contribution in [0.1, 0.15) is 44.0 Å². The van der Waals surface area contributed by atoms with Gasteiger partial charge in [0.25, 0.3) is 5.91 Å². The summed E-state index contributed by atoms with van der Waals surface area (Å²) in [4.78, 5) is 24.1. The fourth-order valence-electron chi connectivity index (χ4n) is 6.14. The van der Waals surface area contributed by atoms with Crippen LogP contribution in [0.4, 0.5) is 21.5 Å². The minimum atomic E-state index is -0.627. The second-order valence-corrected chi connectivity index (χ2v) is 12.1. The number of nitrogens with one attached hydrogen (secondary N) is 1. The second kappa shape index (κ2) is 12.0. The number of benzene rings is 3. The lowest BCUT2D eigenvalue weighted by molar-refractivity contribution is 0.0300. The molecule has 228 valence electrons. The standard InChI is InChI=1S/C34H40FN5O3.H2/c1-23-21-26(8-10-31(23)38-13-15-40(16-14-38)34(3)11-12-34)36-24(2)37-30-6-4-5-27(32(30)41)25-7-9-28(29(35)22-25)33(42)39-17-19-43-20-18-39;/h4-10,21-22,41H,11-20H2,1-3H3,(H,36,37);1H. The first-order chi connectivity index (χ1) is 20.7. The molecule has 6 rings (SSSR count). The van der Waals surface area contributed by atoms with Crippen LogP contribution < -0.4 is 10.2 Å². The van der Waals surface area contributed by atoms with Crippen molar-refractivity contribution >= 4 is 28.8 Å². The van der Waals surface area contributed by atoms with Crippen molar-refractivity contribution in [3.05, 3.63) is 71.5 Å². The summed E-state index contributed by atoms with van der Waals surface area (Å²) < 4.78 is 20.4. The topological polar surface area (TPSA) is 80.6 Å². The molecule has 0 spiro atoms. The summed E-state index contributed by atoms with van der Waals surface area (Å²) in [6, 6.07) is 16.0. The molecule has 43 heavy (non-hydrogen) atoms. The maximum absolute atomic E-state index is 15.1. The van der Waals surface area contributed by atoms with E-state index in [1.54, 1.807) is 29.2 Å². The average molecular weight is 588 g/mol. The lowest BCUT2D eigenvalue weighted by atomic mass is 10.0. The SMILES string of the molecule is CC(=Nc1cccc(-c2ccc(C(=O)N3CCOCC3)c(F)c2)c1O)Nc1ccc(N2CCN(C3(C)CC3)CC2)c(C)c1.[HH]. The van der Waals surface area contributed by atoms with Gasteiger partial charge in [-0.05, 0) is 81.1 Å². The van der Waals surface area contributed by atoms with Gasteiger partial charge < -0.3 is 25.0 Å². The number of phenolic OH excluding ortho intramolecular Hbond substituents is 1. The number of hydrogen-bond donors (Lipinski definition) is 2. The highest BCUT2D eigenvalue weighted by Gasteiger charge is 2.43. The molecule has 3 aromatic rings. The van der Waals surface area contributed by atoms with Gasteiger partial charge in [-0.1, -0.05) is 18.2 Å². The van der Waals surface area contributed by atoms with E-state index >= 15 is 4.39 Å². The van der Waals surface area contributed by atoms with Crippen LogP contribution in [0.15, 0.2) is 59.6 Å². The van der Waals surface area contributed by atoms with Gasteiger partial charge in [0.2, 0.25) is 0 Å². The number of aryl methyl sites for hydroxylation is 1. The number of hydrogen-bond acceptors (Lipinski definition) is 6. The molecular formula is C34H42FN5O3. The number of piperazine rings is 1. The van der Waals surface area contributed by atoms with Crippen molar-refractivity contribution in [2.45, 2.75) is 39.2 Å². The largest absolute Gasteiger partial charge is 0.505 e. The van der Waals surface area contributed by atoms with E-state index in [-0.39, 0.29) is 18.6 Å². The van der Waals surface area contributed by atoms with E-state index in [9.17, 15) is 9.90 Å². The van der Waals surface area contributed by atoms with Crippen molar-refractivity contribution < 1.29 is 20.5 Å². The molecule has 2 N–H and O–H groups in total. The zero-order valence-electron chi connectivity index (χ0n) is 25.2. The van der Waals surface area contributed by atoms with Gasteiger partial charge in [0, 0.05) is 63.2 Å². The summed E-state index contributed by atoms with van der Waals surface area (Å²) in [5, 5.41) is 14.4. The summed E-state index contributed by atoms with van der Waals surface area (Å²) in [5.74, 6) is -0.423. The highest BCUT2D eigenvalue weighted by molar-refractivity contribution is 5.97. The van der Waals surface area contributed by atoms with Crippen molar-refractivity contribution in [3.8, 4) is 16.9 Å². The molecule has 1 amide bonds. The number of carbonyl (C=O) groups is 1. The normalized spacial score (nSPS) is 18.9. The smallest absolute Gasteiger partial charge is 0.256 e. The van der Waals surface area contributed by atoms with Crippen LogP contribution in [-0.2, 0) is 4.74 Å². The zero-order valence-corrected chi connectivity index (χ0v) is 25.2. The van der Waals surface area contributed by atoms with Gasteiger partial charge in [0.15, 0.2) is 0 Å². The fourth-order valence-corrected chi connectivity index (χ4v) is 6.14. The Morgan fingerprint density at radius 2 is 1.77 bits per heavy atom. The maximum Gasteiger partial charge on any atom is 0.256 e. The van der Waals surface area contributed by atoms with Gasteiger partial charge in [-0.25, -0.2) is 9.38 Å². The number of rotatable bonds is 6. The summed E-state index contributed by atoms with van der Waals surface area (Å²) in [6.07, 6.45) is 2.64. The van der Waals surface area contributed by atoms with E-state index in [2.05, 4.69) is 52.2 Å². The molecule has 0 unspecified atom stereocenters. The van der Waals surface area contributed by atoms with Gasteiger partial charge in [0.05, 0.1) is 18.8 Å². The number of anilines is 2. The Labute approximate surface area is 254 Å². The molecule has 2 saturated heterocycles. The fraction of sp³-hybridized carbons (Fsp3) is 0.412. The van der Waals surface area contributed by atoms with Crippen LogP contribution in [0, 0.1) is 12.7 Å². The Balaban J connectivity index is 0.00000384. The number of ether oxygens (including phenoxy) is 1. The third-order valence-corrected chi connectivity index (χ3v) is 8.99. The minimum Gasteiger partial charge on any atom is -0.505 e. The summed E-state index contributed by atoms with van der Waals surface area (Å²) >= 11 is 0. The monoisotopic (exact) mass is 587 g/mol. The Morgan fingerprint density at radius 3 is 2.44 bits per heavy atom. The number of halogens is 1. The van der Waals surface area contributed by atoms with Crippen molar-refractivity contribution in [3.63, 3.8) is 0 Å². The number of amidine groups is 1. The first-order valence-corrected chi connectivity index (χ1v) is 15.1. The lowest BCUT2D eigenvalue weighted by Gasteiger charge is -2.40. The predicted molar refractivity (Wildman–Crippen MR) is 171 cm³/mol. The predicted octanol–water partition coefficient (Wildman–Crippen LogP) is 6.06. The Kier molecular flexibility index (Phi) is 8.11. The van der Waals surface area contributed by atoms with Crippen LogP contribution >= 0.6 is 0 Å². The molecule has 1 saturated carbocycles. The van der Waals surface area contributed by atoms with Gasteiger partial charge in [0.1, 0.15) is 23.1 Å². The van der Waals surface area contributed by atoms with E-state index in [1.807, 2.05) is 6.92 Å². The van der Waals surface area contributed by atoms with E-state index in [0.717, 1.165) is 31.9 Å². The number of para-hydroxylation sites is 1. The van der Waals surface area contributed by atoms with Crippen LogP contribution in [0.5, 0.6) is 5.75 Å². The molecule has 0 bridgehead atoms. The van der Waals surface area contributed by atoms with Crippen LogP contribution in [0.3, 0.4) is 0 Å². The number of amides is 1. The number of carbonyl (C=O) groups excluding carboxylic acids is 1. The van der Waals surface area contributed by atoms with Crippen LogP contribution in [0.25, 0.3) is 11.1 Å². The number of nitrogens with zero attached hydrogens (tertiary/aromatic N) is 4. The number of phenols is 1. The quantitative estimate of drug-likeness (QED) is 0.270. The molecule has 8 nitrogen and oxygen atoms in total. The number of morpholine rings is 1. The summed E-state index contributed by atoms with van der Waals surface area (Å²) in [7, 11) is 0. The van der Waals surface area contributed by atoms with Crippen molar-refractivity contribution in [2.24, 2.45) is 4.99 Å². The van der Waals surface area contributed by atoms with Crippen LogP contribution in [-0.4, -0.2) is 84.7 Å².